The number of hydrogen-bond acceptors (Lipinski definition) is 5. The Kier molecular flexibility index (Phi) is 7.95. The smallest absolute Gasteiger partial charge is 0.312 e. The van der Waals surface area contributed by atoms with Crippen molar-refractivity contribution >= 4 is 20.1 Å². The molecule has 0 N–H and O–H groups in total. The van der Waals surface area contributed by atoms with Crippen molar-refractivity contribution in [3.8, 4) is 0 Å². The lowest BCUT2D eigenvalue weighted by Gasteiger charge is -2.50. The Labute approximate surface area is 206 Å². The van der Waals surface area contributed by atoms with Gasteiger partial charge in [-0.25, -0.2) is 0 Å². The van der Waals surface area contributed by atoms with Crippen LogP contribution in [0.1, 0.15) is 59.9 Å². The van der Waals surface area contributed by atoms with Gasteiger partial charge < -0.3 is 13.9 Å². The van der Waals surface area contributed by atoms with Crippen LogP contribution in [0.2, 0.25) is 18.1 Å². The first-order valence-electron chi connectivity index (χ1n) is 12.5. The number of benzene rings is 1. The standard InChI is InChI=1S/C28H42O5Si/c1-27(2,3)26(30)32-24-22(29)20-16-12-13-17-21(20)23(33-34(7,8)28(4,5)6)25(24)31-18-19-14-10-9-11-15-19/h9-15,20-21,23-25H,16-18H2,1-8H3/t20-,21+,23+,24-,25-/m0/s1. The molecule has 0 saturated heterocycles. The molecule has 1 aromatic carbocycles. The molecule has 1 aromatic rings. The fourth-order valence-electron chi connectivity index (χ4n) is 4.35. The molecular weight excluding hydrogens is 444 g/mol. The van der Waals surface area contributed by atoms with Crippen molar-refractivity contribution in [2.24, 2.45) is 17.3 Å². The third-order valence-corrected chi connectivity index (χ3v) is 12.0. The van der Waals surface area contributed by atoms with Crippen molar-refractivity contribution in [3.63, 3.8) is 0 Å². The quantitative estimate of drug-likeness (QED) is 0.277. The number of ketones is 1. The van der Waals surface area contributed by atoms with E-state index < -0.39 is 31.9 Å². The number of fused-ring (bicyclic) bond motifs is 1. The Hall–Kier alpha value is -1.76. The van der Waals surface area contributed by atoms with Crippen LogP contribution >= 0.6 is 0 Å². The summed E-state index contributed by atoms with van der Waals surface area (Å²) in [4.78, 5) is 26.6. The predicted octanol–water partition coefficient (Wildman–Crippen LogP) is 6.09. The van der Waals surface area contributed by atoms with Gasteiger partial charge in [-0.2, -0.15) is 0 Å². The van der Waals surface area contributed by atoms with Crippen molar-refractivity contribution in [1.29, 1.82) is 0 Å². The van der Waals surface area contributed by atoms with Crippen LogP contribution in [0.15, 0.2) is 42.5 Å². The summed E-state index contributed by atoms with van der Waals surface area (Å²) in [7, 11) is -2.20. The molecule has 0 aromatic heterocycles. The Morgan fingerprint density at radius 2 is 1.59 bits per heavy atom. The SMILES string of the molecule is CC(C)(C)C(=O)O[C@H]1C(=O)[C@H]2CC=CC[C@H]2[C@@H](O[Si](C)(C)C(C)(C)C)[C@@H]1OCc1ccccc1. The Bertz CT molecular complexity index is 894. The second kappa shape index (κ2) is 10.1. The Morgan fingerprint density at radius 1 is 0.971 bits per heavy atom. The fourth-order valence-corrected chi connectivity index (χ4v) is 5.69. The van der Waals surface area contributed by atoms with Crippen LogP contribution in [0.4, 0.5) is 0 Å². The lowest BCUT2D eigenvalue weighted by Crippen LogP contribution is -2.62. The summed E-state index contributed by atoms with van der Waals surface area (Å²) in [5.41, 5.74) is 0.288. The summed E-state index contributed by atoms with van der Waals surface area (Å²) in [6, 6.07) is 9.89. The maximum atomic E-state index is 13.7. The predicted molar refractivity (Wildman–Crippen MR) is 137 cm³/mol. The molecule has 1 fully saturated rings. The van der Waals surface area contributed by atoms with Gasteiger partial charge >= 0.3 is 5.97 Å². The molecule has 3 rings (SSSR count). The van der Waals surface area contributed by atoms with E-state index in [0.29, 0.717) is 13.0 Å². The maximum Gasteiger partial charge on any atom is 0.312 e. The average molecular weight is 487 g/mol. The molecule has 188 valence electrons. The van der Waals surface area contributed by atoms with Gasteiger partial charge in [-0.15, -0.1) is 0 Å². The van der Waals surface area contributed by atoms with E-state index in [1.54, 1.807) is 20.8 Å². The van der Waals surface area contributed by atoms with Gasteiger partial charge in [0.1, 0.15) is 6.10 Å². The van der Waals surface area contributed by atoms with Crippen molar-refractivity contribution in [2.45, 2.75) is 97.4 Å². The topological polar surface area (TPSA) is 61.8 Å². The number of carbonyl (C=O) groups is 2. The number of Topliss-reactive ketones (excluding diaryl/α,β-unsaturated/α-hetero) is 1. The summed E-state index contributed by atoms with van der Waals surface area (Å²) in [5, 5.41) is -0.00395. The summed E-state index contributed by atoms with van der Waals surface area (Å²) in [5.74, 6) is -0.652. The molecule has 1 saturated carbocycles. The largest absolute Gasteiger partial charge is 0.451 e. The van der Waals surface area contributed by atoms with Gasteiger partial charge in [0.05, 0.1) is 18.1 Å². The Balaban J connectivity index is 2.01. The highest BCUT2D eigenvalue weighted by Crippen LogP contribution is 2.45. The molecule has 0 aliphatic heterocycles. The molecule has 0 unspecified atom stereocenters. The molecule has 5 atom stereocenters. The van der Waals surface area contributed by atoms with Crippen LogP contribution in [0.3, 0.4) is 0 Å². The highest BCUT2D eigenvalue weighted by molar-refractivity contribution is 6.74. The Morgan fingerprint density at radius 3 is 2.18 bits per heavy atom. The molecule has 0 radical (unpaired) electrons. The lowest BCUT2D eigenvalue weighted by atomic mass is 9.68. The first kappa shape index (κ1) is 26.8. The first-order chi connectivity index (χ1) is 15.7. The van der Waals surface area contributed by atoms with E-state index in [4.69, 9.17) is 13.9 Å². The molecule has 2 aliphatic carbocycles. The molecular formula is C28H42O5Si. The third kappa shape index (κ3) is 5.89. The maximum absolute atomic E-state index is 13.7. The van der Waals surface area contributed by atoms with Gasteiger partial charge in [0, 0.05) is 11.8 Å². The van der Waals surface area contributed by atoms with Gasteiger partial charge in [0.2, 0.25) is 0 Å². The minimum Gasteiger partial charge on any atom is -0.451 e. The number of allylic oxidation sites excluding steroid dienone is 2. The third-order valence-electron chi connectivity index (χ3n) is 7.54. The number of rotatable bonds is 6. The summed E-state index contributed by atoms with van der Waals surface area (Å²) >= 11 is 0. The zero-order valence-electron chi connectivity index (χ0n) is 22.1. The van der Waals surface area contributed by atoms with E-state index in [2.05, 4.69) is 46.0 Å². The first-order valence-corrected chi connectivity index (χ1v) is 15.4. The second-order valence-electron chi connectivity index (χ2n) is 12.3. The zero-order valence-corrected chi connectivity index (χ0v) is 23.1. The molecule has 0 spiro atoms. The monoisotopic (exact) mass is 486 g/mol. The molecule has 0 bridgehead atoms. The number of carbonyl (C=O) groups excluding carboxylic acids is 2. The van der Waals surface area contributed by atoms with E-state index in [0.717, 1.165) is 12.0 Å². The zero-order chi connectivity index (χ0) is 25.3. The molecule has 5 nitrogen and oxygen atoms in total. The highest BCUT2D eigenvalue weighted by Gasteiger charge is 2.55. The van der Waals surface area contributed by atoms with E-state index in [-0.39, 0.29) is 28.8 Å². The van der Waals surface area contributed by atoms with E-state index in [1.807, 2.05) is 30.3 Å². The molecule has 34 heavy (non-hydrogen) atoms. The fraction of sp³-hybridized carbons (Fsp3) is 0.643. The molecule has 2 aliphatic rings. The van der Waals surface area contributed by atoms with Crippen molar-refractivity contribution < 1.29 is 23.5 Å². The van der Waals surface area contributed by atoms with Crippen molar-refractivity contribution in [1.82, 2.24) is 0 Å². The molecule has 6 heteroatoms. The normalized spacial score (nSPS) is 27.9. The highest BCUT2D eigenvalue weighted by atomic mass is 28.4. The van der Waals surface area contributed by atoms with Crippen LogP contribution < -0.4 is 0 Å². The van der Waals surface area contributed by atoms with Crippen LogP contribution in [-0.2, 0) is 30.1 Å². The van der Waals surface area contributed by atoms with Gasteiger partial charge in [0.25, 0.3) is 0 Å². The van der Waals surface area contributed by atoms with Gasteiger partial charge in [-0.05, 0) is 57.3 Å². The van der Waals surface area contributed by atoms with Crippen molar-refractivity contribution in [2.75, 3.05) is 0 Å². The molecule has 0 heterocycles. The van der Waals surface area contributed by atoms with Gasteiger partial charge in [-0.3, -0.25) is 9.59 Å². The van der Waals surface area contributed by atoms with Crippen molar-refractivity contribution in [3.05, 3.63) is 48.0 Å². The minimum absolute atomic E-state index is 0.00395. The second-order valence-corrected chi connectivity index (χ2v) is 17.1. The van der Waals surface area contributed by atoms with Crippen LogP contribution in [0.5, 0.6) is 0 Å². The van der Waals surface area contributed by atoms with Crippen LogP contribution in [-0.4, -0.2) is 38.4 Å². The molecule has 0 amide bonds. The minimum atomic E-state index is -2.20. The number of ether oxygens (including phenoxy) is 2. The van der Waals surface area contributed by atoms with Gasteiger partial charge in [0.15, 0.2) is 20.2 Å². The van der Waals surface area contributed by atoms with E-state index in [9.17, 15) is 9.59 Å². The van der Waals surface area contributed by atoms with E-state index in [1.165, 1.54) is 0 Å². The summed E-state index contributed by atoms with van der Waals surface area (Å²) in [6.45, 7) is 16.8. The van der Waals surface area contributed by atoms with E-state index >= 15 is 0 Å². The average Bonchev–Trinajstić information content (AvgIpc) is 2.75. The lowest BCUT2D eigenvalue weighted by molar-refractivity contribution is -0.195. The summed E-state index contributed by atoms with van der Waals surface area (Å²) < 4.78 is 19.4. The van der Waals surface area contributed by atoms with Crippen LogP contribution in [0.25, 0.3) is 0 Å². The van der Waals surface area contributed by atoms with Gasteiger partial charge in [-0.1, -0.05) is 63.3 Å². The number of esters is 1. The van der Waals surface area contributed by atoms with Crippen LogP contribution in [0, 0.1) is 17.3 Å². The summed E-state index contributed by atoms with van der Waals surface area (Å²) in [6.07, 6.45) is 3.67. The number of hydrogen-bond donors (Lipinski definition) is 0.